The predicted octanol–water partition coefficient (Wildman–Crippen LogP) is 0.280. The van der Waals surface area contributed by atoms with Crippen molar-refractivity contribution in [2.45, 2.75) is 19.4 Å². The summed E-state index contributed by atoms with van der Waals surface area (Å²) in [5, 5.41) is 23.8. The molecule has 0 aliphatic carbocycles. The molecule has 1 heterocycles. The first kappa shape index (κ1) is 9.19. The van der Waals surface area contributed by atoms with Crippen molar-refractivity contribution < 1.29 is 9.90 Å². The summed E-state index contributed by atoms with van der Waals surface area (Å²) in [6.07, 6.45) is 2.43. The number of nitriles is 1. The molecular weight excluding hydrogens is 172 g/mol. The number of aromatic nitrogens is 3. The van der Waals surface area contributed by atoms with Crippen LogP contribution >= 0.6 is 0 Å². The Morgan fingerprint density at radius 1 is 1.77 bits per heavy atom. The lowest BCUT2D eigenvalue weighted by Crippen LogP contribution is -1.98. The Hall–Kier alpha value is -1.90. The molecule has 0 aliphatic heterocycles. The third-order valence-corrected chi connectivity index (χ3v) is 1.43. The van der Waals surface area contributed by atoms with E-state index in [2.05, 4.69) is 10.3 Å². The van der Waals surface area contributed by atoms with Crippen molar-refractivity contribution in [3.8, 4) is 6.07 Å². The van der Waals surface area contributed by atoms with E-state index in [-0.39, 0.29) is 5.69 Å². The highest BCUT2D eigenvalue weighted by Gasteiger charge is 2.07. The highest BCUT2D eigenvalue weighted by molar-refractivity contribution is 5.84. The first-order valence-corrected chi connectivity index (χ1v) is 3.74. The third kappa shape index (κ3) is 2.56. The van der Waals surface area contributed by atoms with Gasteiger partial charge >= 0.3 is 5.97 Å². The second kappa shape index (κ2) is 4.21. The van der Waals surface area contributed by atoms with E-state index in [0.29, 0.717) is 19.4 Å². The number of hydrogen-bond acceptors (Lipinski definition) is 4. The molecule has 1 aromatic rings. The third-order valence-electron chi connectivity index (χ3n) is 1.43. The fourth-order valence-electron chi connectivity index (χ4n) is 0.826. The maximum atomic E-state index is 10.4. The van der Waals surface area contributed by atoms with Gasteiger partial charge in [0.2, 0.25) is 0 Å². The van der Waals surface area contributed by atoms with Crippen LogP contribution in [0.15, 0.2) is 6.20 Å². The molecule has 13 heavy (non-hydrogen) atoms. The molecular formula is C7H8N4O2. The molecule has 0 bridgehead atoms. The number of carboxylic acid groups (broad SMARTS) is 1. The van der Waals surface area contributed by atoms with E-state index in [1.807, 2.05) is 6.07 Å². The lowest BCUT2D eigenvalue weighted by atomic mass is 10.3. The number of unbranched alkanes of at least 4 members (excludes halogenated alkanes) is 1. The maximum absolute atomic E-state index is 10.4. The van der Waals surface area contributed by atoms with Gasteiger partial charge in [0.1, 0.15) is 0 Å². The van der Waals surface area contributed by atoms with Gasteiger partial charge in [-0.25, -0.2) is 4.79 Å². The molecule has 1 N–H and O–H groups in total. The quantitative estimate of drug-likeness (QED) is 0.672. The van der Waals surface area contributed by atoms with Gasteiger partial charge in [0.25, 0.3) is 0 Å². The van der Waals surface area contributed by atoms with Gasteiger partial charge in [-0.15, -0.1) is 5.10 Å². The summed E-state index contributed by atoms with van der Waals surface area (Å²) in [6, 6.07) is 1.99. The lowest BCUT2D eigenvalue weighted by molar-refractivity contribution is 0.0690. The molecule has 0 saturated heterocycles. The summed E-state index contributed by atoms with van der Waals surface area (Å²) in [7, 11) is 0. The molecule has 0 unspecified atom stereocenters. The van der Waals surface area contributed by atoms with Crippen LogP contribution in [0.5, 0.6) is 0 Å². The molecule has 1 aromatic heterocycles. The van der Waals surface area contributed by atoms with Gasteiger partial charge < -0.3 is 5.11 Å². The minimum Gasteiger partial charge on any atom is -0.476 e. The Balaban J connectivity index is 2.50. The summed E-state index contributed by atoms with van der Waals surface area (Å²) >= 11 is 0. The van der Waals surface area contributed by atoms with Gasteiger partial charge in [-0.1, -0.05) is 5.21 Å². The SMILES string of the molecule is N#CCCCn1cc(C(=O)O)nn1. The molecule has 6 nitrogen and oxygen atoms in total. The lowest BCUT2D eigenvalue weighted by Gasteiger charge is -1.93. The Labute approximate surface area is 74.4 Å². The minimum atomic E-state index is -1.09. The van der Waals surface area contributed by atoms with Crippen LogP contribution in [0.1, 0.15) is 23.3 Å². The molecule has 0 amide bonds. The summed E-state index contributed by atoms with van der Waals surface area (Å²) in [6.45, 7) is 0.522. The maximum Gasteiger partial charge on any atom is 0.358 e. The number of carbonyl (C=O) groups is 1. The number of hydrogen-bond donors (Lipinski definition) is 1. The first-order chi connectivity index (χ1) is 6.24. The zero-order valence-electron chi connectivity index (χ0n) is 6.84. The van der Waals surface area contributed by atoms with Crippen molar-refractivity contribution in [1.82, 2.24) is 15.0 Å². The average molecular weight is 180 g/mol. The average Bonchev–Trinajstić information content (AvgIpc) is 2.53. The molecule has 6 heteroatoms. The Kier molecular flexibility index (Phi) is 2.97. The zero-order valence-corrected chi connectivity index (χ0v) is 6.84. The number of carboxylic acids is 1. The van der Waals surface area contributed by atoms with E-state index in [1.54, 1.807) is 0 Å². The van der Waals surface area contributed by atoms with Gasteiger partial charge in [-0.05, 0) is 6.42 Å². The molecule has 0 fully saturated rings. The minimum absolute atomic E-state index is 0.0723. The van der Waals surface area contributed by atoms with Crippen molar-refractivity contribution in [2.75, 3.05) is 0 Å². The fourth-order valence-corrected chi connectivity index (χ4v) is 0.826. The summed E-state index contributed by atoms with van der Waals surface area (Å²) in [5.74, 6) is -1.09. The number of rotatable bonds is 4. The highest BCUT2D eigenvalue weighted by atomic mass is 16.4. The molecule has 0 spiro atoms. The standard InChI is InChI=1S/C7H8N4O2/c8-3-1-2-4-11-5-6(7(12)13)9-10-11/h5H,1-2,4H2,(H,12,13). The summed E-state index contributed by atoms with van der Waals surface area (Å²) < 4.78 is 1.42. The van der Waals surface area contributed by atoms with Crippen LogP contribution in [0.2, 0.25) is 0 Å². The first-order valence-electron chi connectivity index (χ1n) is 3.74. The van der Waals surface area contributed by atoms with E-state index in [0.717, 1.165) is 0 Å². The Morgan fingerprint density at radius 2 is 2.54 bits per heavy atom. The molecule has 0 aromatic carbocycles. The molecule has 0 saturated carbocycles. The Bertz CT molecular complexity index is 339. The second-order valence-corrected chi connectivity index (χ2v) is 2.43. The van der Waals surface area contributed by atoms with Gasteiger partial charge in [-0.2, -0.15) is 5.26 Å². The van der Waals surface area contributed by atoms with Crippen LogP contribution in [-0.4, -0.2) is 26.1 Å². The van der Waals surface area contributed by atoms with E-state index < -0.39 is 5.97 Å². The van der Waals surface area contributed by atoms with Crippen LogP contribution in [0.4, 0.5) is 0 Å². The normalized spacial score (nSPS) is 9.46. The van der Waals surface area contributed by atoms with Gasteiger partial charge in [-0.3, -0.25) is 4.68 Å². The summed E-state index contributed by atoms with van der Waals surface area (Å²) in [5.41, 5.74) is -0.0723. The van der Waals surface area contributed by atoms with Gasteiger partial charge in [0, 0.05) is 13.0 Å². The predicted molar refractivity (Wildman–Crippen MR) is 41.8 cm³/mol. The van der Waals surface area contributed by atoms with Crippen molar-refractivity contribution in [2.24, 2.45) is 0 Å². The van der Waals surface area contributed by atoms with Crippen LogP contribution in [0.25, 0.3) is 0 Å². The van der Waals surface area contributed by atoms with Crippen molar-refractivity contribution in [3.05, 3.63) is 11.9 Å². The zero-order chi connectivity index (χ0) is 9.68. The molecule has 0 atom stereocenters. The van der Waals surface area contributed by atoms with Gasteiger partial charge in [0.05, 0.1) is 12.3 Å². The molecule has 0 radical (unpaired) electrons. The van der Waals surface area contributed by atoms with E-state index >= 15 is 0 Å². The van der Waals surface area contributed by atoms with Crippen molar-refractivity contribution in [3.63, 3.8) is 0 Å². The summed E-state index contributed by atoms with van der Waals surface area (Å²) in [4.78, 5) is 10.4. The van der Waals surface area contributed by atoms with Crippen LogP contribution in [0.3, 0.4) is 0 Å². The van der Waals surface area contributed by atoms with Crippen LogP contribution in [-0.2, 0) is 6.54 Å². The second-order valence-electron chi connectivity index (χ2n) is 2.43. The molecule has 68 valence electrons. The van der Waals surface area contributed by atoms with E-state index in [4.69, 9.17) is 10.4 Å². The van der Waals surface area contributed by atoms with E-state index in [1.165, 1.54) is 10.9 Å². The number of nitrogens with zero attached hydrogens (tertiary/aromatic N) is 4. The smallest absolute Gasteiger partial charge is 0.358 e. The molecule has 0 aliphatic rings. The Morgan fingerprint density at radius 3 is 3.08 bits per heavy atom. The van der Waals surface area contributed by atoms with Gasteiger partial charge in [0.15, 0.2) is 5.69 Å². The largest absolute Gasteiger partial charge is 0.476 e. The topological polar surface area (TPSA) is 91.8 Å². The monoisotopic (exact) mass is 180 g/mol. The van der Waals surface area contributed by atoms with E-state index in [9.17, 15) is 4.79 Å². The molecule has 1 rings (SSSR count). The van der Waals surface area contributed by atoms with Crippen LogP contribution in [0, 0.1) is 11.3 Å². The highest BCUT2D eigenvalue weighted by Crippen LogP contribution is 1.96. The van der Waals surface area contributed by atoms with Crippen molar-refractivity contribution in [1.29, 1.82) is 5.26 Å². The fraction of sp³-hybridized carbons (Fsp3) is 0.429. The van der Waals surface area contributed by atoms with Crippen molar-refractivity contribution >= 4 is 5.97 Å². The number of aryl methyl sites for hydroxylation is 1. The van der Waals surface area contributed by atoms with Crippen LogP contribution < -0.4 is 0 Å². The number of aromatic carboxylic acids is 1.